The molecule has 3 aliphatic heterocycles. The summed E-state index contributed by atoms with van der Waals surface area (Å²) in [5, 5.41) is 15.2. The van der Waals surface area contributed by atoms with Crippen molar-refractivity contribution < 1.29 is 9.59 Å². The van der Waals surface area contributed by atoms with E-state index in [4.69, 9.17) is 10.1 Å². The first-order valence-corrected chi connectivity index (χ1v) is 15.8. The van der Waals surface area contributed by atoms with E-state index in [9.17, 15) is 9.59 Å². The predicted octanol–water partition coefficient (Wildman–Crippen LogP) is 4.69. The van der Waals surface area contributed by atoms with Crippen molar-refractivity contribution in [2.24, 2.45) is 9.98 Å². The predicted molar refractivity (Wildman–Crippen MR) is 186 cm³/mol. The summed E-state index contributed by atoms with van der Waals surface area (Å²) < 4.78 is 1.76. The number of hydrogen-bond donors (Lipinski definition) is 3. The zero-order valence-corrected chi connectivity index (χ0v) is 26.9. The lowest BCUT2D eigenvalue weighted by Gasteiger charge is -2.34. The number of piperazine rings is 1. The maximum absolute atomic E-state index is 13.4. The molecule has 1 saturated heterocycles. The quantitative estimate of drug-likeness (QED) is 0.293. The van der Waals surface area contributed by atoms with Crippen LogP contribution >= 0.6 is 0 Å². The van der Waals surface area contributed by atoms with E-state index < -0.39 is 11.9 Å². The molecule has 2 aromatic heterocycles. The molecule has 2 aromatic carbocycles. The van der Waals surface area contributed by atoms with Gasteiger partial charge in [0.25, 0.3) is 0 Å². The van der Waals surface area contributed by atoms with E-state index >= 15 is 0 Å². The average molecular weight is 631 g/mol. The van der Waals surface area contributed by atoms with Crippen molar-refractivity contribution in [1.82, 2.24) is 25.0 Å². The van der Waals surface area contributed by atoms with Crippen LogP contribution in [0.1, 0.15) is 37.9 Å². The first kappa shape index (κ1) is 30.3. The lowest BCUT2D eigenvalue weighted by molar-refractivity contribution is -0.132. The Morgan fingerprint density at radius 1 is 1.00 bits per heavy atom. The van der Waals surface area contributed by atoms with E-state index in [2.05, 4.69) is 63.7 Å². The third-order valence-corrected chi connectivity index (χ3v) is 8.70. The van der Waals surface area contributed by atoms with Gasteiger partial charge in [0, 0.05) is 67.6 Å². The third-order valence-electron chi connectivity index (χ3n) is 8.70. The van der Waals surface area contributed by atoms with Gasteiger partial charge in [0.05, 0.1) is 22.8 Å². The number of benzene rings is 2. The minimum Gasteiger partial charge on any atom is -0.354 e. The standard InChI is InChI=1S/C35H38N10O2/c1-35(2,3)29-19-31(45(42-29)26-9-10-28-23(17-26)8-11-30(40-28)44-14-12-36-13-15-44)41-34(47)39-25-7-5-6-22(16-25)27-18-24-20-37-21-38-32(24)43(4)33(27)46/h5-11,16-21,27,32,36H,12-15H2,1-4H3,(H2,39,41,47). The summed E-state index contributed by atoms with van der Waals surface area (Å²) in [4.78, 5) is 43.9. The van der Waals surface area contributed by atoms with Crippen LogP contribution in [0.25, 0.3) is 16.6 Å². The van der Waals surface area contributed by atoms with Crippen LogP contribution in [0.5, 0.6) is 0 Å². The van der Waals surface area contributed by atoms with Gasteiger partial charge in [-0.05, 0) is 48.0 Å². The number of pyridine rings is 1. The van der Waals surface area contributed by atoms with Gasteiger partial charge in [-0.15, -0.1) is 0 Å². The normalized spacial score (nSPS) is 19.5. The van der Waals surface area contributed by atoms with Gasteiger partial charge in [0.1, 0.15) is 18.0 Å². The van der Waals surface area contributed by atoms with Gasteiger partial charge < -0.3 is 20.4 Å². The number of carbonyl (C=O) groups excluding carboxylic acids is 2. The number of aromatic nitrogens is 3. The van der Waals surface area contributed by atoms with E-state index in [1.807, 2.05) is 48.5 Å². The monoisotopic (exact) mass is 630 g/mol. The topological polar surface area (TPSA) is 132 Å². The highest BCUT2D eigenvalue weighted by Gasteiger charge is 2.34. The molecule has 5 heterocycles. The van der Waals surface area contributed by atoms with Crippen LogP contribution in [0, 0.1) is 0 Å². The summed E-state index contributed by atoms with van der Waals surface area (Å²) in [7, 11) is 1.74. The molecule has 1 fully saturated rings. The molecule has 2 unspecified atom stereocenters. The Balaban J connectivity index is 1.13. The van der Waals surface area contributed by atoms with E-state index in [0.717, 1.165) is 65.4 Å². The molecule has 0 spiro atoms. The average Bonchev–Trinajstić information content (AvgIpc) is 3.51. The number of carbonyl (C=O) groups is 2. The zero-order valence-electron chi connectivity index (χ0n) is 26.9. The fourth-order valence-corrected chi connectivity index (χ4v) is 6.09. The molecule has 3 aliphatic rings. The minimum absolute atomic E-state index is 0.0722. The Hall–Kier alpha value is -5.36. The summed E-state index contributed by atoms with van der Waals surface area (Å²) in [5.41, 5.74) is 4.49. The fourth-order valence-electron chi connectivity index (χ4n) is 6.09. The summed E-state index contributed by atoms with van der Waals surface area (Å²) in [5.74, 6) is 0.922. The van der Waals surface area contributed by atoms with Gasteiger partial charge in [-0.25, -0.2) is 24.4 Å². The highest BCUT2D eigenvalue weighted by atomic mass is 16.2. The Morgan fingerprint density at radius 2 is 1.83 bits per heavy atom. The molecule has 2 atom stereocenters. The molecule has 47 heavy (non-hydrogen) atoms. The molecule has 4 aromatic rings. The van der Waals surface area contributed by atoms with Gasteiger partial charge in [-0.3, -0.25) is 10.1 Å². The number of urea groups is 1. The molecule has 12 heteroatoms. The Bertz CT molecular complexity index is 1950. The number of rotatable bonds is 5. The molecular formula is C35H38N10O2. The summed E-state index contributed by atoms with van der Waals surface area (Å²) in [6.45, 7) is 10.0. The number of anilines is 3. The van der Waals surface area contributed by atoms with E-state index in [1.54, 1.807) is 28.9 Å². The van der Waals surface area contributed by atoms with Crippen molar-refractivity contribution in [3.05, 3.63) is 83.6 Å². The largest absolute Gasteiger partial charge is 0.354 e. The molecule has 0 bridgehead atoms. The molecule has 12 nitrogen and oxygen atoms in total. The molecule has 0 aliphatic carbocycles. The maximum atomic E-state index is 13.4. The fraction of sp³-hybridized carbons (Fsp3) is 0.314. The van der Waals surface area contributed by atoms with Crippen LogP contribution in [0.3, 0.4) is 0 Å². The van der Waals surface area contributed by atoms with Crippen molar-refractivity contribution in [2.75, 3.05) is 48.8 Å². The Labute approximate surface area is 273 Å². The lowest BCUT2D eigenvalue weighted by atomic mass is 9.90. The number of likely N-dealkylation sites (N-methyl/N-ethyl adjacent to an activating group) is 1. The highest BCUT2D eigenvalue weighted by molar-refractivity contribution is 6.00. The first-order chi connectivity index (χ1) is 22.6. The van der Waals surface area contributed by atoms with Gasteiger partial charge >= 0.3 is 6.03 Å². The summed E-state index contributed by atoms with van der Waals surface area (Å²) >= 11 is 0. The van der Waals surface area contributed by atoms with Crippen LogP contribution in [-0.2, 0) is 10.2 Å². The van der Waals surface area contributed by atoms with Crippen molar-refractivity contribution in [1.29, 1.82) is 0 Å². The number of nitrogens with zero attached hydrogens (tertiary/aromatic N) is 7. The number of nitrogens with one attached hydrogen (secondary N) is 3. The zero-order chi connectivity index (χ0) is 32.7. The summed E-state index contributed by atoms with van der Waals surface area (Å²) in [6, 6.07) is 19.0. The number of hydrogen-bond acceptors (Lipinski definition) is 8. The van der Waals surface area contributed by atoms with E-state index in [0.29, 0.717) is 11.5 Å². The molecule has 3 N–H and O–H groups in total. The van der Waals surface area contributed by atoms with Crippen LogP contribution < -0.4 is 20.9 Å². The van der Waals surface area contributed by atoms with Gasteiger partial charge in [0.2, 0.25) is 5.91 Å². The number of fused-ring (bicyclic) bond motifs is 2. The van der Waals surface area contributed by atoms with Gasteiger partial charge in [0.15, 0.2) is 6.17 Å². The van der Waals surface area contributed by atoms with Crippen LogP contribution in [0.4, 0.5) is 22.1 Å². The second-order valence-corrected chi connectivity index (χ2v) is 13.1. The smallest absolute Gasteiger partial charge is 0.324 e. The lowest BCUT2D eigenvalue weighted by Crippen LogP contribution is -2.44. The maximum Gasteiger partial charge on any atom is 0.324 e. The molecule has 0 saturated carbocycles. The first-order valence-electron chi connectivity index (χ1n) is 15.8. The van der Waals surface area contributed by atoms with Crippen LogP contribution in [0.2, 0.25) is 0 Å². The van der Waals surface area contributed by atoms with Gasteiger partial charge in [-0.1, -0.05) is 39.0 Å². The van der Waals surface area contributed by atoms with E-state index in [-0.39, 0.29) is 17.5 Å². The molecule has 0 radical (unpaired) electrons. The second-order valence-electron chi connectivity index (χ2n) is 13.1. The van der Waals surface area contributed by atoms with Crippen molar-refractivity contribution in [2.45, 2.75) is 38.3 Å². The molecular weight excluding hydrogens is 592 g/mol. The Morgan fingerprint density at radius 3 is 2.64 bits per heavy atom. The SMILES string of the molecule is CN1C(=O)C(c2cccc(NC(=O)Nc3cc(C(C)(C)C)nn3-c3ccc4nc(N5CCNCC5)ccc4c3)c2)C=C2C=NC=NC21. The minimum atomic E-state index is -0.512. The molecule has 240 valence electrons. The second kappa shape index (κ2) is 12.1. The van der Waals surface area contributed by atoms with Crippen LogP contribution in [-0.4, -0.2) is 83.5 Å². The van der Waals surface area contributed by atoms with Crippen molar-refractivity contribution in [3.63, 3.8) is 0 Å². The highest BCUT2D eigenvalue weighted by Crippen LogP contribution is 2.32. The number of amides is 3. The van der Waals surface area contributed by atoms with Gasteiger partial charge in [-0.2, -0.15) is 5.10 Å². The number of aliphatic imine (C=N–C) groups is 2. The van der Waals surface area contributed by atoms with Crippen molar-refractivity contribution >= 4 is 52.7 Å². The molecule has 7 rings (SSSR count). The third kappa shape index (κ3) is 6.11. The molecule has 3 amide bonds. The summed E-state index contributed by atoms with van der Waals surface area (Å²) in [6.07, 6.45) is 4.73. The van der Waals surface area contributed by atoms with E-state index in [1.165, 1.54) is 6.34 Å². The van der Waals surface area contributed by atoms with Crippen LogP contribution in [0.15, 0.2) is 82.3 Å². The van der Waals surface area contributed by atoms with Crippen molar-refractivity contribution in [3.8, 4) is 5.69 Å². The Kier molecular flexibility index (Phi) is 7.80.